The lowest BCUT2D eigenvalue weighted by atomic mass is 10.1. The summed E-state index contributed by atoms with van der Waals surface area (Å²) in [7, 11) is 0. The number of nitrogens with one attached hydrogen (secondary N) is 1. The Hall–Kier alpha value is -1.61. The molecule has 0 aromatic carbocycles. The number of hydrogen-bond acceptors (Lipinski definition) is 12. The number of aromatic nitrogens is 4. The molecule has 2 aromatic rings. The van der Waals surface area contributed by atoms with Gasteiger partial charge in [0.15, 0.2) is 17.4 Å². The van der Waals surface area contributed by atoms with Crippen LogP contribution in [0.25, 0.3) is 11.2 Å². The Balaban J connectivity index is 1.53. The number of Topliss-reactive ketones (excluding diaryl/α,β-unsaturated/α-hetero) is 2. The van der Waals surface area contributed by atoms with Crippen LogP contribution in [0.15, 0.2) is 11.1 Å². The van der Waals surface area contributed by atoms with Crippen LogP contribution in [0.5, 0.6) is 0 Å². The number of aromatic amines is 1. The van der Waals surface area contributed by atoms with Crippen LogP contribution in [0.4, 0.5) is 5.95 Å². The molecule has 2 aliphatic rings. The summed E-state index contributed by atoms with van der Waals surface area (Å²) >= 11 is 3.46. The first-order valence-corrected chi connectivity index (χ1v) is 12.7. The van der Waals surface area contributed by atoms with Gasteiger partial charge in [0.25, 0.3) is 5.56 Å². The first-order valence-electron chi connectivity index (χ1n) is 8.48. The average Bonchev–Trinajstić information content (AvgIpc) is 3.26. The van der Waals surface area contributed by atoms with Gasteiger partial charge in [0.05, 0.1) is 24.0 Å². The standard InChI is InChI=1S/C14H15BrN5O8PS/c15-1-5(21)6(22)3-30-29(25)26-2-7-10(28-29)9(23)13(27-7)20-4-17-8-11(20)18-14(16)19-12(8)24/h4,7,9-10,13,23H,1-3H2,(H3,16,18,19,24)/t7-,9?,10?,13-,29?/m1/s1. The van der Waals surface area contributed by atoms with Crippen LogP contribution in [0, 0.1) is 0 Å². The predicted molar refractivity (Wildman–Crippen MR) is 107 cm³/mol. The van der Waals surface area contributed by atoms with E-state index in [0.29, 0.717) is 11.4 Å². The van der Waals surface area contributed by atoms with Crippen molar-refractivity contribution in [3.63, 3.8) is 0 Å². The van der Waals surface area contributed by atoms with E-state index >= 15 is 0 Å². The number of aliphatic hydroxyl groups excluding tert-OH is 1. The van der Waals surface area contributed by atoms with Gasteiger partial charge in [-0.15, -0.1) is 0 Å². The maximum atomic E-state index is 12.8. The molecular formula is C14H15BrN5O8PS. The lowest BCUT2D eigenvalue weighted by Gasteiger charge is -2.30. The second kappa shape index (κ2) is 8.15. The number of hydrogen-bond donors (Lipinski definition) is 3. The van der Waals surface area contributed by atoms with Gasteiger partial charge in [-0.05, 0) is 11.4 Å². The van der Waals surface area contributed by atoms with Gasteiger partial charge >= 0.3 is 6.80 Å². The van der Waals surface area contributed by atoms with Crippen molar-refractivity contribution in [2.75, 3.05) is 23.4 Å². The van der Waals surface area contributed by atoms with Crippen molar-refractivity contribution in [3.05, 3.63) is 16.7 Å². The van der Waals surface area contributed by atoms with Crippen LogP contribution in [-0.2, 0) is 27.9 Å². The molecule has 0 spiro atoms. The molecule has 2 aromatic heterocycles. The minimum atomic E-state index is -3.82. The number of carbonyl (C=O) groups is 2. The molecule has 5 atom stereocenters. The molecular weight excluding hydrogens is 509 g/mol. The van der Waals surface area contributed by atoms with Gasteiger partial charge in [0, 0.05) is 0 Å². The third-order valence-corrected chi connectivity index (χ3v) is 8.56. The second-order valence-corrected chi connectivity index (χ2v) is 11.0. The monoisotopic (exact) mass is 523 g/mol. The Morgan fingerprint density at radius 2 is 2.23 bits per heavy atom. The summed E-state index contributed by atoms with van der Waals surface area (Å²) in [6, 6.07) is 0. The molecule has 4 heterocycles. The number of aliphatic hydroxyl groups is 1. The maximum Gasteiger partial charge on any atom is 0.390 e. The molecule has 3 unspecified atom stereocenters. The molecule has 13 nitrogen and oxygen atoms in total. The fourth-order valence-electron chi connectivity index (χ4n) is 3.05. The molecule has 0 radical (unpaired) electrons. The number of alkyl halides is 1. The highest BCUT2D eigenvalue weighted by Gasteiger charge is 2.53. The van der Waals surface area contributed by atoms with E-state index in [1.54, 1.807) is 0 Å². The number of rotatable bonds is 6. The molecule has 162 valence electrons. The Kier molecular flexibility index (Phi) is 5.87. The fraction of sp³-hybridized carbons (Fsp3) is 0.500. The van der Waals surface area contributed by atoms with Crippen molar-refractivity contribution in [3.8, 4) is 0 Å². The molecule has 0 saturated carbocycles. The van der Waals surface area contributed by atoms with Crippen LogP contribution in [-0.4, -0.2) is 72.2 Å². The number of nitrogens with two attached hydrogens (primary N) is 1. The van der Waals surface area contributed by atoms with Crippen molar-refractivity contribution in [2.45, 2.75) is 24.5 Å². The number of fused-ring (bicyclic) bond motifs is 2. The van der Waals surface area contributed by atoms with Gasteiger partial charge in [-0.3, -0.25) is 33.0 Å². The summed E-state index contributed by atoms with van der Waals surface area (Å²) in [4.78, 5) is 45.3. The lowest BCUT2D eigenvalue weighted by molar-refractivity contribution is -0.133. The largest absolute Gasteiger partial charge is 0.390 e. The highest BCUT2D eigenvalue weighted by molar-refractivity contribution is 9.09. The molecule has 30 heavy (non-hydrogen) atoms. The Morgan fingerprint density at radius 3 is 2.97 bits per heavy atom. The van der Waals surface area contributed by atoms with Crippen LogP contribution in [0.2, 0.25) is 0 Å². The van der Waals surface area contributed by atoms with Crippen LogP contribution >= 0.6 is 34.1 Å². The summed E-state index contributed by atoms with van der Waals surface area (Å²) in [6.07, 6.45) is -2.93. The summed E-state index contributed by atoms with van der Waals surface area (Å²) in [5.74, 6) is -1.93. The van der Waals surface area contributed by atoms with Gasteiger partial charge < -0.3 is 15.6 Å². The Bertz CT molecular complexity index is 1120. The first-order chi connectivity index (χ1) is 14.2. The highest BCUT2D eigenvalue weighted by Crippen LogP contribution is 2.65. The number of halogens is 1. The van der Waals surface area contributed by atoms with Gasteiger partial charge in [0.2, 0.25) is 17.5 Å². The van der Waals surface area contributed by atoms with Crippen LogP contribution in [0.3, 0.4) is 0 Å². The molecule has 0 amide bonds. The van der Waals surface area contributed by atoms with E-state index < -0.39 is 54.2 Å². The normalized spacial score (nSPS) is 31.0. The minimum Gasteiger partial charge on any atom is -0.386 e. The van der Waals surface area contributed by atoms with Crippen molar-refractivity contribution in [1.29, 1.82) is 0 Å². The first kappa shape index (κ1) is 21.6. The summed E-state index contributed by atoms with van der Waals surface area (Å²) < 4.78 is 30.6. The van der Waals surface area contributed by atoms with Crippen molar-refractivity contribution < 1.29 is 33.0 Å². The number of carbonyl (C=O) groups excluding carboxylic acids is 2. The molecule has 2 fully saturated rings. The van der Waals surface area contributed by atoms with Crippen LogP contribution in [0.1, 0.15) is 6.23 Å². The van der Waals surface area contributed by atoms with E-state index in [1.807, 2.05) is 0 Å². The Morgan fingerprint density at radius 1 is 1.47 bits per heavy atom. The smallest absolute Gasteiger partial charge is 0.386 e. The Labute approximate surface area is 180 Å². The van der Waals surface area contributed by atoms with E-state index in [0.717, 1.165) is 0 Å². The molecule has 0 bridgehead atoms. The summed E-state index contributed by atoms with van der Waals surface area (Å²) in [5, 5.41) is 10.6. The zero-order valence-electron chi connectivity index (χ0n) is 15.0. The van der Waals surface area contributed by atoms with E-state index in [2.05, 4.69) is 30.9 Å². The quantitative estimate of drug-likeness (QED) is 0.256. The molecule has 2 saturated heterocycles. The van der Waals surface area contributed by atoms with Crippen molar-refractivity contribution >= 4 is 62.8 Å². The van der Waals surface area contributed by atoms with Gasteiger partial charge in [-0.2, -0.15) is 4.98 Å². The van der Waals surface area contributed by atoms with Gasteiger partial charge in [-0.25, -0.2) is 9.55 Å². The fourth-order valence-corrected chi connectivity index (χ4v) is 6.59. The maximum absolute atomic E-state index is 12.8. The number of ketones is 2. The number of anilines is 1. The number of nitrogens with zero attached hydrogens (tertiary/aromatic N) is 3. The number of H-pyrrole nitrogens is 1. The lowest BCUT2D eigenvalue weighted by Crippen LogP contribution is -2.39. The topological polar surface area (TPSA) is 189 Å². The van der Waals surface area contributed by atoms with E-state index in [-0.39, 0.29) is 29.0 Å². The van der Waals surface area contributed by atoms with Crippen molar-refractivity contribution in [1.82, 2.24) is 19.5 Å². The summed E-state index contributed by atoms with van der Waals surface area (Å²) in [6.45, 7) is -3.99. The van der Waals surface area contributed by atoms with E-state index in [9.17, 15) is 24.1 Å². The minimum absolute atomic E-state index is 0.00300. The molecule has 4 N–H and O–H groups in total. The predicted octanol–water partition coefficient (Wildman–Crippen LogP) is -0.250. The van der Waals surface area contributed by atoms with E-state index in [4.69, 9.17) is 19.5 Å². The van der Waals surface area contributed by atoms with E-state index in [1.165, 1.54) is 10.9 Å². The highest BCUT2D eigenvalue weighted by atomic mass is 79.9. The summed E-state index contributed by atoms with van der Waals surface area (Å²) in [5.41, 5.74) is 5.12. The zero-order chi connectivity index (χ0) is 21.6. The third-order valence-electron chi connectivity index (χ3n) is 4.47. The van der Waals surface area contributed by atoms with Gasteiger partial charge in [-0.1, -0.05) is 15.9 Å². The third kappa shape index (κ3) is 3.86. The second-order valence-electron chi connectivity index (χ2n) is 6.40. The molecule has 4 rings (SSSR count). The van der Waals surface area contributed by atoms with Gasteiger partial charge in [0.1, 0.15) is 18.3 Å². The zero-order valence-corrected chi connectivity index (χ0v) is 18.3. The van der Waals surface area contributed by atoms with Crippen molar-refractivity contribution in [2.24, 2.45) is 0 Å². The number of imidazole rings is 1. The molecule has 16 heteroatoms. The SMILES string of the molecule is Nc1nc2c(ncn2[C@@H]2O[C@@H]3COP(=O)(SCC(=O)C(=O)CBr)OC3C2O)c(=O)[nH]1. The number of ether oxygens (including phenoxy) is 1. The number of nitrogen functional groups attached to an aromatic ring is 1. The molecule has 2 aliphatic heterocycles. The van der Waals surface area contributed by atoms with Crippen LogP contribution < -0.4 is 11.3 Å². The average molecular weight is 524 g/mol. The molecule has 0 aliphatic carbocycles.